The Balaban J connectivity index is 1.57. The number of amides is 1. The first kappa shape index (κ1) is 15.4. The van der Waals surface area contributed by atoms with Gasteiger partial charge in [-0.2, -0.15) is 0 Å². The predicted octanol–water partition coefficient (Wildman–Crippen LogP) is 1.99. The van der Waals surface area contributed by atoms with Crippen molar-refractivity contribution in [3.63, 3.8) is 0 Å². The van der Waals surface area contributed by atoms with Crippen molar-refractivity contribution in [2.45, 2.75) is 6.54 Å². The minimum absolute atomic E-state index is 0.199. The second kappa shape index (κ2) is 7.19. The van der Waals surface area contributed by atoms with Crippen LogP contribution in [0.4, 0.5) is 10.2 Å². The third-order valence-electron chi connectivity index (χ3n) is 3.71. The normalized spacial score (nSPS) is 14.6. The van der Waals surface area contributed by atoms with Gasteiger partial charge in [0.25, 0.3) is 5.91 Å². The summed E-state index contributed by atoms with van der Waals surface area (Å²) < 4.78 is 18.1. The van der Waals surface area contributed by atoms with E-state index in [1.54, 1.807) is 24.4 Å². The van der Waals surface area contributed by atoms with Crippen molar-refractivity contribution in [2.75, 3.05) is 31.2 Å². The maximum atomic E-state index is 12.8. The average molecular weight is 315 g/mol. The molecule has 2 heterocycles. The Morgan fingerprint density at radius 2 is 1.91 bits per heavy atom. The van der Waals surface area contributed by atoms with E-state index < -0.39 is 0 Å². The van der Waals surface area contributed by atoms with Gasteiger partial charge < -0.3 is 15.0 Å². The zero-order valence-electron chi connectivity index (χ0n) is 12.7. The van der Waals surface area contributed by atoms with Crippen molar-refractivity contribution in [1.82, 2.24) is 10.3 Å². The van der Waals surface area contributed by atoms with Crippen LogP contribution in [-0.4, -0.2) is 37.2 Å². The molecule has 0 unspecified atom stereocenters. The number of hydrogen-bond acceptors (Lipinski definition) is 4. The van der Waals surface area contributed by atoms with Crippen LogP contribution in [-0.2, 0) is 11.3 Å². The van der Waals surface area contributed by atoms with Crippen LogP contribution >= 0.6 is 0 Å². The molecule has 3 rings (SSSR count). The lowest BCUT2D eigenvalue weighted by atomic mass is 10.2. The Bertz CT molecular complexity index is 653. The fraction of sp³-hybridized carbons (Fsp3) is 0.294. The lowest BCUT2D eigenvalue weighted by molar-refractivity contribution is 0.0950. The van der Waals surface area contributed by atoms with Crippen LogP contribution in [0.1, 0.15) is 15.9 Å². The van der Waals surface area contributed by atoms with E-state index in [9.17, 15) is 9.18 Å². The van der Waals surface area contributed by atoms with E-state index in [4.69, 9.17) is 4.74 Å². The highest BCUT2D eigenvalue weighted by atomic mass is 19.1. The van der Waals surface area contributed by atoms with Crippen LogP contribution in [0.5, 0.6) is 0 Å². The van der Waals surface area contributed by atoms with Gasteiger partial charge >= 0.3 is 0 Å². The number of ether oxygens (including phenoxy) is 1. The van der Waals surface area contributed by atoms with Crippen molar-refractivity contribution in [3.05, 3.63) is 59.5 Å². The smallest absolute Gasteiger partial charge is 0.253 e. The summed E-state index contributed by atoms with van der Waals surface area (Å²) in [5, 5.41) is 2.80. The minimum Gasteiger partial charge on any atom is -0.378 e. The van der Waals surface area contributed by atoms with Crippen molar-refractivity contribution < 1.29 is 13.9 Å². The molecule has 120 valence electrons. The Morgan fingerprint density at radius 3 is 2.57 bits per heavy atom. The summed E-state index contributed by atoms with van der Waals surface area (Å²) in [4.78, 5) is 18.6. The highest BCUT2D eigenvalue weighted by Crippen LogP contribution is 2.13. The molecule has 1 N–H and O–H groups in total. The third-order valence-corrected chi connectivity index (χ3v) is 3.71. The van der Waals surface area contributed by atoms with Crippen molar-refractivity contribution in [2.24, 2.45) is 0 Å². The van der Waals surface area contributed by atoms with E-state index in [0.717, 1.165) is 24.5 Å². The van der Waals surface area contributed by atoms with Crippen LogP contribution in [0.3, 0.4) is 0 Å². The van der Waals surface area contributed by atoms with Gasteiger partial charge in [-0.05, 0) is 29.8 Å². The largest absolute Gasteiger partial charge is 0.378 e. The van der Waals surface area contributed by atoms with E-state index >= 15 is 0 Å². The standard InChI is InChI=1S/C17H18FN3O2/c18-15-4-1-13(2-5-15)11-20-17(22)14-3-6-16(19-12-14)21-7-9-23-10-8-21/h1-6,12H,7-11H2,(H,20,22). The SMILES string of the molecule is O=C(NCc1ccc(F)cc1)c1ccc(N2CCOCC2)nc1. The molecule has 0 spiro atoms. The van der Waals surface area contributed by atoms with E-state index in [0.29, 0.717) is 25.3 Å². The van der Waals surface area contributed by atoms with Crippen LogP contribution in [0, 0.1) is 5.82 Å². The summed E-state index contributed by atoms with van der Waals surface area (Å²) >= 11 is 0. The maximum Gasteiger partial charge on any atom is 0.253 e. The number of hydrogen-bond donors (Lipinski definition) is 1. The van der Waals surface area contributed by atoms with Gasteiger partial charge in [0.1, 0.15) is 11.6 Å². The molecular formula is C17H18FN3O2. The number of carbonyl (C=O) groups is 1. The summed E-state index contributed by atoms with van der Waals surface area (Å²) in [7, 11) is 0. The van der Waals surface area contributed by atoms with Gasteiger partial charge in [-0.15, -0.1) is 0 Å². The summed E-state index contributed by atoms with van der Waals surface area (Å²) in [6.45, 7) is 3.36. The van der Waals surface area contributed by atoms with Crippen LogP contribution in [0.15, 0.2) is 42.6 Å². The molecule has 0 saturated carbocycles. The first-order valence-corrected chi connectivity index (χ1v) is 7.54. The molecule has 1 aromatic heterocycles. The molecule has 1 aliphatic heterocycles. The zero-order valence-corrected chi connectivity index (χ0v) is 12.7. The average Bonchev–Trinajstić information content (AvgIpc) is 2.62. The number of pyridine rings is 1. The van der Waals surface area contributed by atoms with Gasteiger partial charge in [-0.1, -0.05) is 12.1 Å². The molecule has 0 bridgehead atoms. The summed E-state index contributed by atoms with van der Waals surface area (Å²) in [5.41, 5.74) is 1.35. The highest BCUT2D eigenvalue weighted by Gasteiger charge is 2.13. The van der Waals surface area contributed by atoms with E-state index in [1.807, 2.05) is 6.07 Å². The molecule has 1 aliphatic rings. The molecule has 1 amide bonds. The van der Waals surface area contributed by atoms with Crippen LogP contribution < -0.4 is 10.2 Å². The number of anilines is 1. The number of benzene rings is 1. The third kappa shape index (κ3) is 4.04. The lowest BCUT2D eigenvalue weighted by Gasteiger charge is -2.27. The van der Waals surface area contributed by atoms with E-state index in [2.05, 4.69) is 15.2 Å². The minimum atomic E-state index is -0.289. The quantitative estimate of drug-likeness (QED) is 0.937. The lowest BCUT2D eigenvalue weighted by Crippen LogP contribution is -2.36. The van der Waals surface area contributed by atoms with Gasteiger partial charge in [0.15, 0.2) is 0 Å². The van der Waals surface area contributed by atoms with Crippen molar-refractivity contribution in [3.8, 4) is 0 Å². The molecule has 0 aliphatic carbocycles. The molecule has 23 heavy (non-hydrogen) atoms. The maximum absolute atomic E-state index is 12.8. The Labute approximate surface area is 134 Å². The summed E-state index contributed by atoms with van der Waals surface area (Å²) in [5.74, 6) is 0.363. The number of carbonyl (C=O) groups excluding carboxylic acids is 1. The molecule has 2 aromatic rings. The second-order valence-corrected chi connectivity index (χ2v) is 5.31. The number of aromatic nitrogens is 1. The van der Waals surface area contributed by atoms with E-state index in [1.165, 1.54) is 12.1 Å². The van der Waals surface area contributed by atoms with Crippen LogP contribution in [0.2, 0.25) is 0 Å². The molecule has 1 fully saturated rings. The number of rotatable bonds is 4. The van der Waals surface area contributed by atoms with Gasteiger partial charge in [-0.3, -0.25) is 4.79 Å². The predicted molar refractivity (Wildman–Crippen MR) is 84.8 cm³/mol. The second-order valence-electron chi connectivity index (χ2n) is 5.31. The van der Waals surface area contributed by atoms with Gasteiger partial charge in [0, 0.05) is 25.8 Å². The van der Waals surface area contributed by atoms with Gasteiger partial charge in [0.05, 0.1) is 18.8 Å². The Kier molecular flexibility index (Phi) is 4.83. The molecule has 5 nitrogen and oxygen atoms in total. The zero-order chi connectivity index (χ0) is 16.1. The number of halogens is 1. The van der Waals surface area contributed by atoms with Crippen molar-refractivity contribution >= 4 is 11.7 Å². The number of morpholine rings is 1. The van der Waals surface area contributed by atoms with Crippen LogP contribution in [0.25, 0.3) is 0 Å². The number of nitrogens with zero attached hydrogens (tertiary/aromatic N) is 2. The fourth-order valence-electron chi connectivity index (χ4n) is 2.39. The summed E-state index contributed by atoms with van der Waals surface area (Å²) in [6.07, 6.45) is 1.57. The molecule has 0 atom stereocenters. The molecule has 1 saturated heterocycles. The molecule has 6 heteroatoms. The molecular weight excluding hydrogens is 297 g/mol. The number of nitrogens with one attached hydrogen (secondary N) is 1. The monoisotopic (exact) mass is 315 g/mol. The van der Waals surface area contributed by atoms with Crippen molar-refractivity contribution in [1.29, 1.82) is 0 Å². The molecule has 0 radical (unpaired) electrons. The Hall–Kier alpha value is -2.47. The highest BCUT2D eigenvalue weighted by molar-refractivity contribution is 5.94. The molecule has 1 aromatic carbocycles. The fourth-order valence-corrected chi connectivity index (χ4v) is 2.39. The first-order valence-electron chi connectivity index (χ1n) is 7.54. The topological polar surface area (TPSA) is 54.5 Å². The first-order chi connectivity index (χ1) is 11.2. The van der Waals surface area contributed by atoms with E-state index in [-0.39, 0.29) is 11.7 Å². The van der Waals surface area contributed by atoms with Gasteiger partial charge in [-0.25, -0.2) is 9.37 Å². The van der Waals surface area contributed by atoms with Gasteiger partial charge in [0.2, 0.25) is 0 Å². The Morgan fingerprint density at radius 1 is 1.17 bits per heavy atom. The summed E-state index contributed by atoms with van der Waals surface area (Å²) in [6, 6.07) is 9.65.